The van der Waals surface area contributed by atoms with Crippen LogP contribution in [0, 0.1) is 11.3 Å². The van der Waals surface area contributed by atoms with Crippen molar-refractivity contribution in [1.82, 2.24) is 0 Å². The maximum Gasteiger partial charge on any atom is 0.0622 e. The van der Waals surface area contributed by atoms with Crippen LogP contribution in [0.1, 0.15) is 24.0 Å². The first-order valence-electron chi connectivity index (χ1n) is 6.63. The van der Waals surface area contributed by atoms with E-state index in [-0.39, 0.29) is 0 Å². The summed E-state index contributed by atoms with van der Waals surface area (Å²) in [6.45, 7) is 0.847. The molecule has 2 aromatic carbocycles. The Bertz CT molecular complexity index is 541. The largest absolute Gasteiger partial charge is 0.385 e. The van der Waals surface area contributed by atoms with Gasteiger partial charge in [-0.05, 0) is 30.0 Å². The van der Waals surface area contributed by atoms with Gasteiger partial charge in [0.15, 0.2) is 0 Å². The number of para-hydroxylation sites is 1. The number of hydrogen-bond donors (Lipinski definition) is 1. The summed E-state index contributed by atoms with van der Waals surface area (Å²) in [4.78, 5) is 0. The summed E-state index contributed by atoms with van der Waals surface area (Å²) in [6, 6.07) is 21.0. The van der Waals surface area contributed by atoms with Crippen molar-refractivity contribution in [1.29, 1.82) is 5.26 Å². The van der Waals surface area contributed by atoms with Gasteiger partial charge in [0.25, 0.3) is 0 Å². The molecule has 96 valence electrons. The van der Waals surface area contributed by atoms with E-state index < -0.39 is 0 Å². The average molecular weight is 250 g/mol. The molecule has 0 heterocycles. The van der Waals surface area contributed by atoms with Crippen molar-refractivity contribution in [2.45, 2.75) is 19.3 Å². The zero-order chi connectivity index (χ0) is 13.3. The van der Waals surface area contributed by atoms with Crippen molar-refractivity contribution < 1.29 is 0 Å². The van der Waals surface area contributed by atoms with E-state index in [2.05, 4.69) is 53.9 Å². The highest BCUT2D eigenvalue weighted by Crippen LogP contribution is 2.19. The molecule has 0 aromatic heterocycles. The normalized spacial score (nSPS) is 9.84. The van der Waals surface area contributed by atoms with E-state index >= 15 is 0 Å². The molecule has 0 saturated carbocycles. The summed E-state index contributed by atoms with van der Waals surface area (Å²) in [6.07, 6.45) is 2.42. The fraction of sp³-hybridized carbons (Fsp3) is 0.235. The van der Waals surface area contributed by atoms with Crippen LogP contribution in [0.15, 0.2) is 54.6 Å². The van der Waals surface area contributed by atoms with Crippen molar-refractivity contribution in [2.75, 3.05) is 11.9 Å². The molecule has 0 bridgehead atoms. The second-order valence-corrected chi connectivity index (χ2v) is 4.51. The lowest BCUT2D eigenvalue weighted by Crippen LogP contribution is -2.04. The highest BCUT2D eigenvalue weighted by molar-refractivity contribution is 5.52. The van der Waals surface area contributed by atoms with Gasteiger partial charge in [0.2, 0.25) is 0 Å². The number of nitriles is 1. The molecular formula is C17H18N2. The van der Waals surface area contributed by atoms with E-state index in [1.165, 1.54) is 16.8 Å². The first-order valence-corrected chi connectivity index (χ1v) is 6.63. The third-order valence-corrected chi connectivity index (χ3v) is 3.04. The molecule has 0 fully saturated rings. The summed E-state index contributed by atoms with van der Waals surface area (Å²) < 4.78 is 0. The third-order valence-electron chi connectivity index (χ3n) is 3.04. The van der Waals surface area contributed by atoms with Crippen molar-refractivity contribution in [3.05, 3.63) is 65.7 Å². The fourth-order valence-electron chi connectivity index (χ4n) is 2.05. The molecule has 2 nitrogen and oxygen atoms in total. The van der Waals surface area contributed by atoms with Gasteiger partial charge in [0.1, 0.15) is 0 Å². The minimum atomic E-state index is 0.605. The van der Waals surface area contributed by atoms with Gasteiger partial charge in [-0.15, -0.1) is 0 Å². The van der Waals surface area contributed by atoms with Crippen LogP contribution in [0.3, 0.4) is 0 Å². The molecule has 0 saturated heterocycles. The smallest absolute Gasteiger partial charge is 0.0622 e. The predicted molar refractivity (Wildman–Crippen MR) is 79.0 cm³/mol. The number of nitrogens with one attached hydrogen (secondary N) is 1. The molecular weight excluding hydrogens is 232 g/mol. The highest BCUT2D eigenvalue weighted by Gasteiger charge is 2.02. The Labute approximate surface area is 114 Å². The van der Waals surface area contributed by atoms with Gasteiger partial charge in [0, 0.05) is 18.7 Å². The number of unbranched alkanes of at least 4 members (excludes halogenated alkanes) is 1. The van der Waals surface area contributed by atoms with Gasteiger partial charge in [-0.25, -0.2) is 0 Å². The second kappa shape index (κ2) is 7.23. The Kier molecular flexibility index (Phi) is 5.01. The Hall–Kier alpha value is -2.27. The first kappa shape index (κ1) is 13.2. The van der Waals surface area contributed by atoms with Crippen LogP contribution in [0.4, 0.5) is 5.69 Å². The average Bonchev–Trinajstić information content (AvgIpc) is 2.46. The Morgan fingerprint density at radius 2 is 1.68 bits per heavy atom. The van der Waals surface area contributed by atoms with E-state index in [9.17, 15) is 0 Å². The van der Waals surface area contributed by atoms with Gasteiger partial charge >= 0.3 is 0 Å². The zero-order valence-electron chi connectivity index (χ0n) is 11.0. The SMILES string of the molecule is N#CCCCNc1ccccc1Cc1ccccc1. The molecule has 2 aromatic rings. The van der Waals surface area contributed by atoms with Gasteiger partial charge in [-0.2, -0.15) is 5.26 Å². The van der Waals surface area contributed by atoms with Crippen molar-refractivity contribution in [3.63, 3.8) is 0 Å². The molecule has 0 spiro atoms. The number of nitrogens with zero attached hydrogens (tertiary/aromatic N) is 1. The van der Waals surface area contributed by atoms with Gasteiger partial charge in [-0.3, -0.25) is 0 Å². The lowest BCUT2D eigenvalue weighted by molar-refractivity contribution is 0.895. The fourth-order valence-corrected chi connectivity index (χ4v) is 2.05. The molecule has 0 amide bonds. The molecule has 0 atom stereocenters. The topological polar surface area (TPSA) is 35.8 Å². The molecule has 0 aliphatic rings. The van der Waals surface area contributed by atoms with Crippen LogP contribution in [0.25, 0.3) is 0 Å². The Morgan fingerprint density at radius 3 is 2.47 bits per heavy atom. The number of benzene rings is 2. The van der Waals surface area contributed by atoms with E-state index in [0.717, 1.165) is 19.4 Å². The zero-order valence-corrected chi connectivity index (χ0v) is 11.0. The van der Waals surface area contributed by atoms with Gasteiger partial charge < -0.3 is 5.32 Å². The minimum Gasteiger partial charge on any atom is -0.385 e. The number of hydrogen-bond acceptors (Lipinski definition) is 2. The molecule has 1 N–H and O–H groups in total. The first-order chi connectivity index (χ1) is 9.40. The second-order valence-electron chi connectivity index (χ2n) is 4.51. The van der Waals surface area contributed by atoms with Crippen LogP contribution in [-0.4, -0.2) is 6.54 Å². The molecule has 0 aliphatic heterocycles. The maximum absolute atomic E-state index is 8.54. The quantitative estimate of drug-likeness (QED) is 0.787. The van der Waals surface area contributed by atoms with E-state index in [0.29, 0.717) is 6.42 Å². The van der Waals surface area contributed by atoms with Gasteiger partial charge in [0.05, 0.1) is 6.07 Å². The highest BCUT2D eigenvalue weighted by atomic mass is 14.9. The molecule has 2 rings (SSSR count). The molecule has 0 radical (unpaired) electrons. The molecule has 2 heteroatoms. The van der Waals surface area contributed by atoms with Crippen molar-refractivity contribution in [2.24, 2.45) is 0 Å². The minimum absolute atomic E-state index is 0.605. The van der Waals surface area contributed by atoms with Crippen molar-refractivity contribution in [3.8, 4) is 6.07 Å². The van der Waals surface area contributed by atoms with Crippen molar-refractivity contribution >= 4 is 5.69 Å². The van der Waals surface area contributed by atoms with E-state index in [4.69, 9.17) is 5.26 Å². The maximum atomic E-state index is 8.54. The van der Waals surface area contributed by atoms with Crippen LogP contribution >= 0.6 is 0 Å². The lowest BCUT2D eigenvalue weighted by atomic mass is 10.0. The van der Waals surface area contributed by atoms with Crippen LogP contribution < -0.4 is 5.32 Å². The summed E-state index contributed by atoms with van der Waals surface area (Å²) in [5.41, 5.74) is 3.78. The van der Waals surface area contributed by atoms with Crippen LogP contribution in [0.2, 0.25) is 0 Å². The molecule has 0 unspecified atom stereocenters. The van der Waals surface area contributed by atoms with Gasteiger partial charge in [-0.1, -0.05) is 48.5 Å². The number of anilines is 1. The summed E-state index contributed by atoms with van der Waals surface area (Å²) >= 11 is 0. The summed E-state index contributed by atoms with van der Waals surface area (Å²) in [7, 11) is 0. The predicted octanol–water partition coefficient (Wildman–Crippen LogP) is 3.99. The Morgan fingerprint density at radius 1 is 0.947 bits per heavy atom. The number of rotatable bonds is 6. The van der Waals surface area contributed by atoms with Crippen LogP contribution in [0.5, 0.6) is 0 Å². The molecule has 19 heavy (non-hydrogen) atoms. The third kappa shape index (κ3) is 4.15. The van der Waals surface area contributed by atoms with Crippen LogP contribution in [-0.2, 0) is 6.42 Å². The van der Waals surface area contributed by atoms with E-state index in [1.54, 1.807) is 0 Å². The standard InChI is InChI=1S/C17H18N2/c18-12-6-7-13-19-17-11-5-4-10-16(17)14-15-8-2-1-3-9-15/h1-5,8-11,19H,6-7,13-14H2. The summed E-state index contributed by atoms with van der Waals surface area (Å²) in [5.74, 6) is 0. The monoisotopic (exact) mass is 250 g/mol. The molecule has 0 aliphatic carbocycles. The summed E-state index contributed by atoms with van der Waals surface area (Å²) in [5, 5.41) is 12.0. The van der Waals surface area contributed by atoms with E-state index in [1.807, 2.05) is 12.1 Å². The Balaban J connectivity index is 2.02. The lowest BCUT2D eigenvalue weighted by Gasteiger charge is -2.11.